The van der Waals surface area contributed by atoms with Crippen molar-refractivity contribution in [3.63, 3.8) is 0 Å². The molecule has 0 aliphatic carbocycles. The molecule has 0 aromatic heterocycles. The van der Waals surface area contributed by atoms with Crippen LogP contribution in [0.1, 0.15) is 32.3 Å². The molecule has 104 valence electrons. The Labute approximate surface area is 114 Å². The van der Waals surface area contributed by atoms with Crippen LogP contribution in [0.3, 0.4) is 0 Å². The minimum Gasteiger partial charge on any atom is -0.399 e. The topological polar surface area (TPSA) is 96.0 Å². The van der Waals surface area contributed by atoms with E-state index in [1.807, 2.05) is 19.9 Å². The van der Waals surface area contributed by atoms with E-state index in [1.54, 1.807) is 0 Å². The van der Waals surface area contributed by atoms with Crippen molar-refractivity contribution >= 4 is 15.7 Å². The van der Waals surface area contributed by atoms with E-state index in [1.165, 1.54) is 18.2 Å². The Balaban J connectivity index is 2.98. The molecule has 6 heteroatoms. The minimum absolute atomic E-state index is 0.0184. The first-order valence-corrected chi connectivity index (χ1v) is 7.72. The largest absolute Gasteiger partial charge is 0.399 e. The average Bonchev–Trinajstić information content (AvgIpc) is 2.39. The van der Waals surface area contributed by atoms with Crippen molar-refractivity contribution in [2.75, 3.05) is 12.3 Å². The molecular weight excluding hydrogens is 262 g/mol. The van der Waals surface area contributed by atoms with E-state index < -0.39 is 10.0 Å². The summed E-state index contributed by atoms with van der Waals surface area (Å²) in [7, 11) is -3.66. The first-order chi connectivity index (χ1) is 8.94. The van der Waals surface area contributed by atoms with Gasteiger partial charge in [-0.1, -0.05) is 26.7 Å². The van der Waals surface area contributed by atoms with Gasteiger partial charge in [0, 0.05) is 12.2 Å². The fourth-order valence-corrected chi connectivity index (χ4v) is 3.00. The molecule has 0 spiro atoms. The van der Waals surface area contributed by atoms with Crippen molar-refractivity contribution in [3.8, 4) is 6.07 Å². The molecule has 19 heavy (non-hydrogen) atoms. The van der Waals surface area contributed by atoms with Crippen LogP contribution in [-0.4, -0.2) is 15.0 Å². The second-order valence-corrected chi connectivity index (χ2v) is 6.14. The van der Waals surface area contributed by atoms with Gasteiger partial charge in [0.15, 0.2) is 0 Å². The summed E-state index contributed by atoms with van der Waals surface area (Å²) in [5.74, 6) is 0.300. The molecule has 0 aliphatic rings. The van der Waals surface area contributed by atoms with Gasteiger partial charge in [0.25, 0.3) is 0 Å². The quantitative estimate of drug-likeness (QED) is 0.778. The monoisotopic (exact) mass is 281 g/mol. The zero-order chi connectivity index (χ0) is 14.5. The first-order valence-electron chi connectivity index (χ1n) is 6.23. The average molecular weight is 281 g/mol. The number of nitrogens with zero attached hydrogens (tertiary/aromatic N) is 1. The maximum Gasteiger partial charge on any atom is 0.241 e. The van der Waals surface area contributed by atoms with Crippen LogP contribution in [-0.2, 0) is 10.0 Å². The smallest absolute Gasteiger partial charge is 0.241 e. The van der Waals surface area contributed by atoms with Gasteiger partial charge in [-0.15, -0.1) is 0 Å². The summed E-state index contributed by atoms with van der Waals surface area (Å²) in [6, 6.07) is 6.07. The van der Waals surface area contributed by atoms with Crippen LogP contribution in [0.2, 0.25) is 0 Å². The van der Waals surface area contributed by atoms with Gasteiger partial charge in [0.05, 0.1) is 10.5 Å². The van der Waals surface area contributed by atoms with Crippen molar-refractivity contribution in [1.29, 1.82) is 5.26 Å². The van der Waals surface area contributed by atoms with Crippen LogP contribution in [0.15, 0.2) is 23.1 Å². The van der Waals surface area contributed by atoms with Crippen molar-refractivity contribution < 1.29 is 8.42 Å². The maximum absolute atomic E-state index is 12.2. The standard InChI is InChI=1S/C13H19N3O2S/c1-3-10(4-2)9-16-19(17,18)13-6-5-12(15)7-11(13)8-14/h5-7,10,16H,3-4,9,15H2,1-2H3. The highest BCUT2D eigenvalue weighted by Crippen LogP contribution is 2.18. The number of nitrogens with two attached hydrogens (primary N) is 1. The molecule has 0 amide bonds. The summed E-state index contributed by atoms with van der Waals surface area (Å²) in [6.45, 7) is 4.42. The molecule has 0 bridgehead atoms. The highest BCUT2D eigenvalue weighted by atomic mass is 32.2. The van der Waals surface area contributed by atoms with Crippen LogP contribution in [0, 0.1) is 17.2 Å². The van der Waals surface area contributed by atoms with E-state index in [2.05, 4.69) is 4.72 Å². The number of anilines is 1. The first kappa shape index (κ1) is 15.5. The normalized spacial score (nSPS) is 11.5. The molecule has 0 atom stereocenters. The summed E-state index contributed by atoms with van der Waals surface area (Å²) in [5.41, 5.74) is 5.98. The Morgan fingerprint density at radius 2 is 2.00 bits per heavy atom. The molecular formula is C13H19N3O2S. The summed E-state index contributed by atoms with van der Waals surface area (Å²) < 4.78 is 26.9. The van der Waals surface area contributed by atoms with Gasteiger partial charge in [-0.3, -0.25) is 0 Å². The molecule has 1 aromatic rings. The van der Waals surface area contributed by atoms with Crippen molar-refractivity contribution in [3.05, 3.63) is 23.8 Å². The van der Waals surface area contributed by atoms with E-state index in [4.69, 9.17) is 11.0 Å². The minimum atomic E-state index is -3.66. The van der Waals surface area contributed by atoms with Crippen LogP contribution < -0.4 is 10.5 Å². The van der Waals surface area contributed by atoms with Crippen LogP contribution in [0.5, 0.6) is 0 Å². The molecule has 1 aromatic carbocycles. The van der Waals surface area contributed by atoms with Crippen LogP contribution >= 0.6 is 0 Å². The van der Waals surface area contributed by atoms with E-state index in [-0.39, 0.29) is 10.5 Å². The molecule has 0 saturated heterocycles. The Kier molecular flexibility index (Phi) is 5.33. The van der Waals surface area contributed by atoms with Crippen molar-refractivity contribution in [1.82, 2.24) is 4.72 Å². The number of nitrogens with one attached hydrogen (secondary N) is 1. The van der Waals surface area contributed by atoms with Crippen LogP contribution in [0.25, 0.3) is 0 Å². The van der Waals surface area contributed by atoms with E-state index in [0.717, 1.165) is 12.8 Å². The molecule has 0 fully saturated rings. The molecule has 3 N–H and O–H groups in total. The zero-order valence-corrected chi connectivity index (χ0v) is 12.0. The number of nitrogen functional groups attached to an aromatic ring is 1. The third-order valence-electron chi connectivity index (χ3n) is 3.13. The fraction of sp³-hybridized carbons (Fsp3) is 0.462. The van der Waals surface area contributed by atoms with Gasteiger partial charge in [-0.05, 0) is 24.1 Å². The number of benzene rings is 1. The lowest BCUT2D eigenvalue weighted by Crippen LogP contribution is -2.29. The lowest BCUT2D eigenvalue weighted by molar-refractivity contribution is 0.479. The lowest BCUT2D eigenvalue weighted by Gasteiger charge is -2.14. The highest BCUT2D eigenvalue weighted by molar-refractivity contribution is 7.89. The summed E-state index contributed by atoms with van der Waals surface area (Å²) >= 11 is 0. The number of hydrogen-bond donors (Lipinski definition) is 2. The predicted octanol–water partition coefficient (Wildman–Crippen LogP) is 1.85. The third kappa shape index (κ3) is 3.94. The Morgan fingerprint density at radius 3 is 2.53 bits per heavy atom. The van der Waals surface area contributed by atoms with E-state index in [9.17, 15) is 8.42 Å². The molecule has 0 aliphatic heterocycles. The molecule has 0 radical (unpaired) electrons. The Morgan fingerprint density at radius 1 is 1.37 bits per heavy atom. The fourth-order valence-electron chi connectivity index (χ4n) is 1.75. The van der Waals surface area contributed by atoms with Crippen LogP contribution in [0.4, 0.5) is 5.69 Å². The van der Waals surface area contributed by atoms with Gasteiger partial charge in [0.2, 0.25) is 10.0 Å². The summed E-state index contributed by atoms with van der Waals surface area (Å²) in [4.78, 5) is -0.0184. The van der Waals surface area contributed by atoms with Crippen molar-refractivity contribution in [2.24, 2.45) is 5.92 Å². The SMILES string of the molecule is CCC(CC)CNS(=O)(=O)c1ccc(N)cc1C#N. The second-order valence-electron chi connectivity index (χ2n) is 4.40. The van der Waals surface area contributed by atoms with Crippen molar-refractivity contribution in [2.45, 2.75) is 31.6 Å². The molecule has 5 nitrogen and oxygen atoms in total. The summed E-state index contributed by atoms with van der Waals surface area (Å²) in [6.07, 6.45) is 1.82. The number of nitriles is 1. The van der Waals surface area contributed by atoms with Gasteiger partial charge in [-0.25, -0.2) is 13.1 Å². The zero-order valence-electron chi connectivity index (χ0n) is 11.2. The second kappa shape index (κ2) is 6.55. The summed E-state index contributed by atoms with van der Waals surface area (Å²) in [5, 5.41) is 8.98. The van der Waals surface area contributed by atoms with Gasteiger partial charge in [0.1, 0.15) is 6.07 Å². The van der Waals surface area contributed by atoms with Gasteiger partial charge >= 0.3 is 0 Å². The highest BCUT2D eigenvalue weighted by Gasteiger charge is 2.19. The number of rotatable bonds is 6. The van der Waals surface area contributed by atoms with Gasteiger partial charge < -0.3 is 5.73 Å². The Hall–Kier alpha value is -1.58. The molecule has 0 heterocycles. The third-order valence-corrected chi connectivity index (χ3v) is 4.61. The lowest BCUT2D eigenvalue weighted by atomic mass is 10.0. The predicted molar refractivity (Wildman–Crippen MR) is 74.8 cm³/mol. The number of hydrogen-bond acceptors (Lipinski definition) is 4. The maximum atomic E-state index is 12.2. The number of sulfonamides is 1. The Bertz CT molecular complexity index is 572. The van der Waals surface area contributed by atoms with E-state index in [0.29, 0.717) is 18.2 Å². The molecule has 0 saturated carbocycles. The van der Waals surface area contributed by atoms with E-state index >= 15 is 0 Å². The molecule has 0 unspecified atom stereocenters. The molecule has 1 rings (SSSR count). The van der Waals surface area contributed by atoms with Gasteiger partial charge in [-0.2, -0.15) is 5.26 Å².